The lowest BCUT2D eigenvalue weighted by Gasteiger charge is -2.19. The Kier molecular flexibility index (Phi) is 4.74. The van der Waals surface area contributed by atoms with Crippen molar-refractivity contribution in [3.63, 3.8) is 0 Å². The van der Waals surface area contributed by atoms with E-state index in [1.54, 1.807) is 6.20 Å². The number of nitrogens with zero attached hydrogens (tertiary/aromatic N) is 2. The van der Waals surface area contributed by atoms with Gasteiger partial charge in [0, 0.05) is 30.9 Å². The highest BCUT2D eigenvalue weighted by Crippen LogP contribution is 2.24. The summed E-state index contributed by atoms with van der Waals surface area (Å²) < 4.78 is 5.98. The molecule has 0 unspecified atom stereocenters. The lowest BCUT2D eigenvalue weighted by atomic mass is 10.1. The minimum atomic E-state index is 0.124. The predicted molar refractivity (Wildman–Crippen MR) is 91.1 cm³/mol. The van der Waals surface area contributed by atoms with Crippen molar-refractivity contribution in [2.45, 2.75) is 26.9 Å². The molecular weight excluding hydrogens is 288 g/mol. The van der Waals surface area contributed by atoms with Gasteiger partial charge in [-0.2, -0.15) is 0 Å². The number of benzene rings is 1. The first-order valence-corrected chi connectivity index (χ1v) is 7.87. The molecule has 0 atom stereocenters. The molecule has 0 fully saturated rings. The Balaban J connectivity index is 1.79. The van der Waals surface area contributed by atoms with Gasteiger partial charge in [0.1, 0.15) is 11.3 Å². The lowest BCUT2D eigenvalue weighted by molar-refractivity contribution is 0.175. The van der Waals surface area contributed by atoms with E-state index < -0.39 is 0 Å². The third-order valence-corrected chi connectivity index (χ3v) is 4.11. The zero-order valence-electron chi connectivity index (χ0n) is 13.6. The van der Waals surface area contributed by atoms with Gasteiger partial charge in [-0.3, -0.25) is 9.88 Å². The van der Waals surface area contributed by atoms with E-state index in [9.17, 15) is 5.11 Å². The number of rotatable bonds is 6. The van der Waals surface area contributed by atoms with Crippen LogP contribution in [-0.4, -0.2) is 28.1 Å². The van der Waals surface area contributed by atoms with Crippen molar-refractivity contribution >= 4 is 11.0 Å². The van der Waals surface area contributed by atoms with Gasteiger partial charge in [0.2, 0.25) is 0 Å². The molecule has 0 saturated carbocycles. The molecule has 4 nitrogen and oxygen atoms in total. The number of aryl methyl sites for hydroxylation is 2. The minimum absolute atomic E-state index is 0.124. The SMILES string of the molecule is Cc1cc2cc(CN(CCO)Cc3cccnc3)oc2cc1C. The Labute approximate surface area is 136 Å². The van der Waals surface area contributed by atoms with E-state index in [2.05, 4.69) is 41.9 Å². The molecule has 4 heteroatoms. The second-order valence-corrected chi connectivity index (χ2v) is 5.98. The summed E-state index contributed by atoms with van der Waals surface area (Å²) in [4.78, 5) is 6.31. The van der Waals surface area contributed by atoms with Crippen molar-refractivity contribution < 1.29 is 9.52 Å². The monoisotopic (exact) mass is 310 g/mol. The first kappa shape index (κ1) is 15.7. The molecule has 3 rings (SSSR count). The van der Waals surface area contributed by atoms with Gasteiger partial charge in [-0.15, -0.1) is 0 Å². The molecular formula is C19H22N2O2. The average molecular weight is 310 g/mol. The van der Waals surface area contributed by atoms with E-state index in [1.165, 1.54) is 11.1 Å². The van der Waals surface area contributed by atoms with E-state index in [1.807, 2.05) is 18.3 Å². The number of pyridine rings is 1. The smallest absolute Gasteiger partial charge is 0.134 e. The molecule has 0 radical (unpaired) electrons. The molecule has 120 valence electrons. The van der Waals surface area contributed by atoms with Crippen LogP contribution >= 0.6 is 0 Å². The van der Waals surface area contributed by atoms with Crippen LogP contribution in [0.4, 0.5) is 0 Å². The van der Waals surface area contributed by atoms with Gasteiger partial charge in [0.05, 0.1) is 13.2 Å². The molecule has 0 saturated heterocycles. The largest absolute Gasteiger partial charge is 0.460 e. The fourth-order valence-electron chi connectivity index (χ4n) is 2.76. The van der Waals surface area contributed by atoms with Crippen LogP contribution in [0.3, 0.4) is 0 Å². The molecule has 0 aliphatic heterocycles. The number of fused-ring (bicyclic) bond motifs is 1. The minimum Gasteiger partial charge on any atom is -0.460 e. The maximum Gasteiger partial charge on any atom is 0.134 e. The summed E-state index contributed by atoms with van der Waals surface area (Å²) in [5.41, 5.74) is 4.56. The molecule has 2 aromatic heterocycles. The number of hydrogen-bond donors (Lipinski definition) is 1. The van der Waals surface area contributed by atoms with E-state index in [0.29, 0.717) is 13.1 Å². The topological polar surface area (TPSA) is 49.5 Å². The number of aromatic nitrogens is 1. The predicted octanol–water partition coefficient (Wildman–Crippen LogP) is 3.44. The van der Waals surface area contributed by atoms with Gasteiger partial charge < -0.3 is 9.52 Å². The summed E-state index contributed by atoms with van der Waals surface area (Å²) in [6, 6.07) is 10.3. The normalized spacial score (nSPS) is 11.5. The third kappa shape index (κ3) is 3.78. The first-order valence-electron chi connectivity index (χ1n) is 7.87. The molecule has 1 N–H and O–H groups in total. The summed E-state index contributed by atoms with van der Waals surface area (Å²) >= 11 is 0. The Morgan fingerprint density at radius 2 is 1.96 bits per heavy atom. The van der Waals surface area contributed by atoms with Gasteiger partial charge >= 0.3 is 0 Å². The van der Waals surface area contributed by atoms with E-state index >= 15 is 0 Å². The molecule has 0 spiro atoms. The molecule has 0 aliphatic rings. The quantitative estimate of drug-likeness (QED) is 0.758. The Morgan fingerprint density at radius 3 is 2.70 bits per heavy atom. The number of hydrogen-bond acceptors (Lipinski definition) is 4. The zero-order valence-corrected chi connectivity index (χ0v) is 13.6. The van der Waals surface area contributed by atoms with Crippen LogP contribution in [0.1, 0.15) is 22.5 Å². The van der Waals surface area contributed by atoms with Crippen LogP contribution in [-0.2, 0) is 13.1 Å². The van der Waals surface area contributed by atoms with Crippen LogP contribution in [0.5, 0.6) is 0 Å². The van der Waals surface area contributed by atoms with Crippen molar-refractivity contribution in [3.05, 3.63) is 65.2 Å². The third-order valence-electron chi connectivity index (χ3n) is 4.11. The Hall–Kier alpha value is -2.17. The molecule has 0 bridgehead atoms. The highest BCUT2D eigenvalue weighted by molar-refractivity contribution is 5.79. The zero-order chi connectivity index (χ0) is 16.2. The average Bonchev–Trinajstić information content (AvgIpc) is 2.90. The fraction of sp³-hybridized carbons (Fsp3) is 0.316. The van der Waals surface area contributed by atoms with Gasteiger partial charge in [0.25, 0.3) is 0 Å². The number of aliphatic hydroxyl groups is 1. The Morgan fingerprint density at radius 1 is 1.13 bits per heavy atom. The van der Waals surface area contributed by atoms with Crippen molar-refractivity contribution in [1.29, 1.82) is 0 Å². The van der Waals surface area contributed by atoms with Crippen molar-refractivity contribution in [3.8, 4) is 0 Å². The van der Waals surface area contributed by atoms with E-state index in [-0.39, 0.29) is 6.61 Å². The van der Waals surface area contributed by atoms with E-state index in [4.69, 9.17) is 4.42 Å². The van der Waals surface area contributed by atoms with Gasteiger partial charge in [-0.05, 0) is 54.8 Å². The van der Waals surface area contributed by atoms with Crippen molar-refractivity contribution in [2.24, 2.45) is 0 Å². The Bertz CT molecular complexity index is 742. The molecule has 0 aliphatic carbocycles. The van der Waals surface area contributed by atoms with E-state index in [0.717, 1.165) is 28.8 Å². The highest BCUT2D eigenvalue weighted by Gasteiger charge is 2.11. The standard InChI is InChI=1S/C19H22N2O2/c1-14-8-17-10-18(23-19(17)9-15(14)2)13-21(6-7-22)12-16-4-3-5-20-11-16/h3-5,8-11,22H,6-7,12-13H2,1-2H3. The fourth-order valence-corrected chi connectivity index (χ4v) is 2.76. The summed E-state index contributed by atoms with van der Waals surface area (Å²) in [6.07, 6.45) is 3.62. The van der Waals surface area contributed by atoms with Crippen LogP contribution in [0.25, 0.3) is 11.0 Å². The van der Waals surface area contributed by atoms with Crippen LogP contribution < -0.4 is 0 Å². The number of aliphatic hydroxyl groups excluding tert-OH is 1. The molecule has 1 aromatic carbocycles. The number of furan rings is 1. The summed E-state index contributed by atoms with van der Waals surface area (Å²) in [6.45, 7) is 6.34. The van der Waals surface area contributed by atoms with Crippen LogP contribution in [0.2, 0.25) is 0 Å². The van der Waals surface area contributed by atoms with Crippen LogP contribution in [0, 0.1) is 13.8 Å². The second kappa shape index (κ2) is 6.94. The second-order valence-electron chi connectivity index (χ2n) is 5.98. The van der Waals surface area contributed by atoms with Crippen LogP contribution in [0.15, 0.2) is 47.1 Å². The summed E-state index contributed by atoms with van der Waals surface area (Å²) in [5, 5.41) is 10.5. The van der Waals surface area contributed by atoms with Gasteiger partial charge in [-0.1, -0.05) is 6.07 Å². The summed E-state index contributed by atoms with van der Waals surface area (Å²) in [7, 11) is 0. The molecule has 3 aromatic rings. The van der Waals surface area contributed by atoms with Gasteiger partial charge in [-0.25, -0.2) is 0 Å². The summed E-state index contributed by atoms with van der Waals surface area (Å²) in [5.74, 6) is 0.919. The maximum absolute atomic E-state index is 9.32. The molecule has 23 heavy (non-hydrogen) atoms. The molecule has 2 heterocycles. The van der Waals surface area contributed by atoms with Gasteiger partial charge in [0.15, 0.2) is 0 Å². The van der Waals surface area contributed by atoms with Crippen molar-refractivity contribution in [2.75, 3.05) is 13.2 Å². The maximum atomic E-state index is 9.32. The lowest BCUT2D eigenvalue weighted by Crippen LogP contribution is -2.25. The van der Waals surface area contributed by atoms with Crippen molar-refractivity contribution in [1.82, 2.24) is 9.88 Å². The molecule has 0 amide bonds. The highest BCUT2D eigenvalue weighted by atomic mass is 16.3. The first-order chi connectivity index (χ1) is 11.2.